The van der Waals surface area contributed by atoms with Gasteiger partial charge in [0.25, 0.3) is 0 Å². The van der Waals surface area contributed by atoms with Crippen molar-refractivity contribution in [1.29, 1.82) is 0 Å². The van der Waals surface area contributed by atoms with Crippen molar-refractivity contribution in [2.24, 2.45) is 11.8 Å². The maximum absolute atomic E-state index is 11.9. The Morgan fingerprint density at radius 1 is 0.952 bits per heavy atom. The Morgan fingerprint density at radius 3 is 2.00 bits per heavy atom. The molecule has 1 N–H and O–H groups in total. The first-order valence-electron chi connectivity index (χ1n) is 8.77. The van der Waals surface area contributed by atoms with Crippen LogP contribution in [0.5, 0.6) is 0 Å². The molecular formula is C18H37NO2. The summed E-state index contributed by atoms with van der Waals surface area (Å²) in [5.41, 5.74) is 0. The highest BCUT2D eigenvalue weighted by Crippen LogP contribution is 2.16. The molecule has 0 bridgehead atoms. The number of ether oxygens (including phenoxy) is 1. The van der Waals surface area contributed by atoms with Gasteiger partial charge in [-0.15, -0.1) is 0 Å². The third-order valence-corrected chi connectivity index (χ3v) is 4.19. The van der Waals surface area contributed by atoms with E-state index >= 15 is 0 Å². The van der Waals surface area contributed by atoms with E-state index in [1.807, 2.05) is 0 Å². The highest BCUT2D eigenvalue weighted by atomic mass is 16.5. The lowest BCUT2D eigenvalue weighted by atomic mass is 9.94. The van der Waals surface area contributed by atoms with Gasteiger partial charge in [0.1, 0.15) is 6.04 Å². The van der Waals surface area contributed by atoms with Crippen molar-refractivity contribution in [1.82, 2.24) is 5.32 Å². The second-order valence-corrected chi connectivity index (χ2v) is 6.82. The Bertz CT molecular complexity index is 264. The standard InChI is InChI=1S/C18H37NO2/c1-7-8-9-10-11-12-13-16(14(2)3)19-17(15(4)5)18(20)21-6/h14-17,19H,7-13H2,1-6H3/t16?,17-/m0/s1. The van der Waals surface area contributed by atoms with E-state index in [2.05, 4.69) is 39.9 Å². The minimum atomic E-state index is -0.192. The smallest absolute Gasteiger partial charge is 0.323 e. The maximum Gasteiger partial charge on any atom is 0.323 e. The van der Waals surface area contributed by atoms with Crippen LogP contribution in [-0.4, -0.2) is 25.2 Å². The lowest BCUT2D eigenvalue weighted by molar-refractivity contribution is -0.144. The number of carbonyl (C=O) groups is 1. The normalized spacial score (nSPS) is 14.5. The predicted octanol–water partition coefficient (Wildman–Crippen LogP) is 4.55. The summed E-state index contributed by atoms with van der Waals surface area (Å²) in [5.74, 6) is 0.647. The highest BCUT2D eigenvalue weighted by Gasteiger charge is 2.26. The van der Waals surface area contributed by atoms with E-state index < -0.39 is 0 Å². The van der Waals surface area contributed by atoms with E-state index in [0.717, 1.165) is 6.42 Å². The highest BCUT2D eigenvalue weighted by molar-refractivity contribution is 5.75. The number of nitrogens with one attached hydrogen (secondary N) is 1. The van der Waals surface area contributed by atoms with Gasteiger partial charge in [0.05, 0.1) is 7.11 Å². The molecule has 0 saturated heterocycles. The number of rotatable bonds is 12. The van der Waals surface area contributed by atoms with Gasteiger partial charge >= 0.3 is 5.97 Å². The molecule has 1 unspecified atom stereocenters. The molecule has 21 heavy (non-hydrogen) atoms. The summed E-state index contributed by atoms with van der Waals surface area (Å²) in [6, 6.07) is 0.199. The van der Waals surface area contributed by atoms with Crippen molar-refractivity contribution in [3.05, 3.63) is 0 Å². The molecule has 126 valence electrons. The zero-order valence-electron chi connectivity index (χ0n) is 15.1. The van der Waals surface area contributed by atoms with E-state index in [4.69, 9.17) is 4.74 Å². The minimum Gasteiger partial charge on any atom is -0.468 e. The van der Waals surface area contributed by atoms with Crippen molar-refractivity contribution in [2.45, 2.75) is 91.6 Å². The summed E-state index contributed by atoms with van der Waals surface area (Å²) in [7, 11) is 1.47. The third-order valence-electron chi connectivity index (χ3n) is 4.19. The fraction of sp³-hybridized carbons (Fsp3) is 0.944. The van der Waals surface area contributed by atoms with Crippen molar-refractivity contribution >= 4 is 5.97 Å². The van der Waals surface area contributed by atoms with Crippen LogP contribution in [-0.2, 0) is 9.53 Å². The SMILES string of the molecule is CCCCCCCCC(N[C@H](C(=O)OC)C(C)C)C(C)C. The molecule has 0 heterocycles. The summed E-state index contributed by atoms with van der Waals surface area (Å²) in [5, 5.41) is 3.53. The molecular weight excluding hydrogens is 262 g/mol. The Kier molecular flexibility index (Phi) is 11.7. The summed E-state index contributed by atoms with van der Waals surface area (Å²) in [6.45, 7) is 10.8. The van der Waals surface area contributed by atoms with Gasteiger partial charge in [0, 0.05) is 6.04 Å². The molecule has 0 radical (unpaired) electrons. The molecule has 3 heteroatoms. The van der Waals surface area contributed by atoms with Crippen LogP contribution in [0.15, 0.2) is 0 Å². The average Bonchev–Trinajstić information content (AvgIpc) is 2.44. The van der Waals surface area contributed by atoms with Crippen molar-refractivity contribution < 1.29 is 9.53 Å². The topological polar surface area (TPSA) is 38.3 Å². The molecule has 0 fully saturated rings. The van der Waals surface area contributed by atoms with Gasteiger partial charge in [-0.3, -0.25) is 4.79 Å². The maximum atomic E-state index is 11.9. The number of methoxy groups -OCH3 is 1. The molecule has 3 nitrogen and oxygen atoms in total. The molecule has 0 saturated carbocycles. The first-order chi connectivity index (χ1) is 9.93. The number of hydrogen-bond donors (Lipinski definition) is 1. The van der Waals surface area contributed by atoms with Gasteiger partial charge in [-0.05, 0) is 18.3 Å². The quantitative estimate of drug-likeness (QED) is 0.424. The number of esters is 1. The second kappa shape index (κ2) is 12.0. The van der Waals surface area contributed by atoms with E-state index in [9.17, 15) is 4.79 Å². The van der Waals surface area contributed by atoms with Crippen LogP contribution in [0.1, 0.15) is 79.6 Å². The first-order valence-corrected chi connectivity index (χ1v) is 8.77. The minimum absolute atomic E-state index is 0.140. The lowest BCUT2D eigenvalue weighted by Gasteiger charge is -2.29. The van der Waals surface area contributed by atoms with Gasteiger partial charge in [-0.25, -0.2) is 0 Å². The van der Waals surface area contributed by atoms with E-state index in [-0.39, 0.29) is 17.9 Å². The zero-order chi connectivity index (χ0) is 16.3. The van der Waals surface area contributed by atoms with Crippen LogP contribution < -0.4 is 5.32 Å². The van der Waals surface area contributed by atoms with Crippen LogP contribution in [0.3, 0.4) is 0 Å². The van der Waals surface area contributed by atoms with Crippen molar-refractivity contribution in [3.63, 3.8) is 0 Å². The Morgan fingerprint density at radius 2 is 1.52 bits per heavy atom. The van der Waals surface area contributed by atoms with Crippen molar-refractivity contribution in [2.75, 3.05) is 7.11 Å². The third kappa shape index (κ3) is 9.13. The second-order valence-electron chi connectivity index (χ2n) is 6.82. The summed E-state index contributed by atoms with van der Waals surface area (Å²) in [6.07, 6.45) is 9.02. The Labute approximate surface area is 132 Å². The molecule has 0 aliphatic heterocycles. The lowest BCUT2D eigenvalue weighted by Crippen LogP contribution is -2.49. The molecule has 0 rings (SSSR count). The monoisotopic (exact) mass is 299 g/mol. The number of unbranched alkanes of at least 4 members (excludes halogenated alkanes) is 5. The summed E-state index contributed by atoms with van der Waals surface area (Å²) < 4.78 is 4.92. The number of carbonyl (C=O) groups excluding carboxylic acids is 1. The summed E-state index contributed by atoms with van der Waals surface area (Å²) in [4.78, 5) is 11.9. The average molecular weight is 299 g/mol. The summed E-state index contributed by atoms with van der Waals surface area (Å²) >= 11 is 0. The van der Waals surface area contributed by atoms with Crippen LogP contribution in [0.25, 0.3) is 0 Å². The van der Waals surface area contributed by atoms with Gasteiger partial charge in [-0.1, -0.05) is 73.1 Å². The Hall–Kier alpha value is -0.570. The fourth-order valence-corrected chi connectivity index (χ4v) is 2.64. The van der Waals surface area contributed by atoms with Crippen LogP contribution in [0.2, 0.25) is 0 Å². The van der Waals surface area contributed by atoms with E-state index in [1.165, 1.54) is 45.6 Å². The fourth-order valence-electron chi connectivity index (χ4n) is 2.64. The Balaban J connectivity index is 4.24. The van der Waals surface area contributed by atoms with Crippen LogP contribution in [0.4, 0.5) is 0 Å². The molecule has 0 aromatic rings. The zero-order valence-corrected chi connectivity index (χ0v) is 15.1. The molecule has 2 atom stereocenters. The van der Waals surface area contributed by atoms with Gasteiger partial charge < -0.3 is 10.1 Å². The largest absolute Gasteiger partial charge is 0.468 e. The molecule has 0 amide bonds. The van der Waals surface area contributed by atoms with Gasteiger partial charge in [-0.2, -0.15) is 0 Å². The molecule has 0 aliphatic rings. The van der Waals surface area contributed by atoms with Gasteiger partial charge in [0.2, 0.25) is 0 Å². The van der Waals surface area contributed by atoms with Crippen LogP contribution in [0, 0.1) is 11.8 Å². The van der Waals surface area contributed by atoms with E-state index in [1.54, 1.807) is 0 Å². The molecule has 0 aliphatic carbocycles. The molecule has 0 aromatic carbocycles. The number of hydrogen-bond acceptors (Lipinski definition) is 3. The predicted molar refractivity (Wildman–Crippen MR) is 90.4 cm³/mol. The van der Waals surface area contributed by atoms with Gasteiger partial charge in [0.15, 0.2) is 0 Å². The molecule has 0 aromatic heterocycles. The van der Waals surface area contributed by atoms with E-state index in [0.29, 0.717) is 12.0 Å². The first kappa shape index (κ1) is 20.4. The van der Waals surface area contributed by atoms with Crippen molar-refractivity contribution in [3.8, 4) is 0 Å². The van der Waals surface area contributed by atoms with Crippen LogP contribution >= 0.6 is 0 Å². The molecule has 0 spiro atoms.